The van der Waals surface area contributed by atoms with E-state index in [9.17, 15) is 9.90 Å². The molecule has 1 aromatic carbocycles. The van der Waals surface area contributed by atoms with Crippen LogP contribution in [0.25, 0.3) is 16.8 Å². The van der Waals surface area contributed by atoms with E-state index in [0.29, 0.717) is 31.9 Å². The second-order valence-corrected chi connectivity index (χ2v) is 7.12. The topological polar surface area (TPSA) is 78.5 Å². The van der Waals surface area contributed by atoms with Gasteiger partial charge in [0.1, 0.15) is 0 Å². The van der Waals surface area contributed by atoms with Crippen molar-refractivity contribution in [3.05, 3.63) is 60.0 Å². The first-order valence-electron chi connectivity index (χ1n) is 9.23. The first-order valence-corrected chi connectivity index (χ1v) is 9.23. The average Bonchev–Trinajstić information content (AvgIpc) is 3.09. The molecular weight excluding hydrogens is 342 g/mol. The Morgan fingerprint density at radius 2 is 1.96 bits per heavy atom. The van der Waals surface area contributed by atoms with E-state index < -0.39 is 5.54 Å². The molecule has 3 heterocycles. The van der Waals surface area contributed by atoms with E-state index in [4.69, 9.17) is 4.74 Å². The third kappa shape index (κ3) is 3.22. The molecule has 0 atom stereocenters. The number of carbonyl (C=O) groups is 1. The molecule has 1 fully saturated rings. The van der Waals surface area contributed by atoms with Gasteiger partial charge >= 0.3 is 11.7 Å². The minimum Gasteiger partial charge on any atom is -0.394 e. The zero-order valence-corrected chi connectivity index (χ0v) is 15.4. The minimum atomic E-state index is -0.634. The van der Waals surface area contributed by atoms with Gasteiger partial charge in [-0.15, -0.1) is 0 Å². The molecule has 3 N–H and O–H groups in total. The molecule has 0 bridgehead atoms. The van der Waals surface area contributed by atoms with Crippen molar-refractivity contribution < 1.29 is 19.0 Å². The number of aromatic nitrogens is 2. The number of carbonyl (C=O) groups excluding carboxylic acids is 1. The summed E-state index contributed by atoms with van der Waals surface area (Å²) in [6.07, 6.45) is 3.07. The van der Waals surface area contributed by atoms with E-state index in [1.165, 1.54) is 0 Å². The summed E-state index contributed by atoms with van der Waals surface area (Å²) in [6.45, 7) is 3.02. The Morgan fingerprint density at radius 3 is 2.70 bits per heavy atom. The lowest BCUT2D eigenvalue weighted by atomic mass is 9.91. The van der Waals surface area contributed by atoms with Crippen molar-refractivity contribution in [1.82, 2.24) is 10.3 Å². The van der Waals surface area contributed by atoms with Gasteiger partial charge in [-0.2, -0.15) is 4.40 Å². The van der Waals surface area contributed by atoms with E-state index in [-0.39, 0.29) is 12.5 Å². The quantitative estimate of drug-likeness (QED) is 0.618. The van der Waals surface area contributed by atoms with Crippen molar-refractivity contribution in [3.8, 4) is 11.3 Å². The van der Waals surface area contributed by atoms with Crippen molar-refractivity contribution in [1.29, 1.82) is 0 Å². The highest BCUT2D eigenvalue weighted by Gasteiger charge is 2.37. The van der Waals surface area contributed by atoms with Crippen LogP contribution in [0.3, 0.4) is 0 Å². The van der Waals surface area contributed by atoms with E-state index in [1.807, 2.05) is 47.0 Å². The molecular formula is C21H24N3O3+. The number of hydrogen-bond acceptors (Lipinski definition) is 3. The number of pyridine rings is 1. The van der Waals surface area contributed by atoms with Gasteiger partial charge in [0.05, 0.1) is 18.3 Å². The summed E-state index contributed by atoms with van der Waals surface area (Å²) in [5, 5.41) is 12.9. The Hall–Kier alpha value is -2.70. The van der Waals surface area contributed by atoms with E-state index >= 15 is 0 Å². The maximum absolute atomic E-state index is 13.1. The van der Waals surface area contributed by atoms with E-state index in [2.05, 4.69) is 23.3 Å². The van der Waals surface area contributed by atoms with Crippen molar-refractivity contribution in [2.75, 3.05) is 19.8 Å². The summed E-state index contributed by atoms with van der Waals surface area (Å²) in [5.74, 6) is 0.218. The predicted molar refractivity (Wildman–Crippen MR) is 101 cm³/mol. The summed E-state index contributed by atoms with van der Waals surface area (Å²) in [7, 11) is 0. The van der Waals surface area contributed by atoms with Gasteiger partial charge in [-0.3, -0.25) is 4.79 Å². The molecule has 0 spiro atoms. The first kappa shape index (κ1) is 17.7. The molecule has 3 aromatic rings. The number of benzene rings is 1. The largest absolute Gasteiger partial charge is 0.394 e. The second-order valence-electron chi connectivity index (χ2n) is 7.12. The number of ether oxygens (including phenoxy) is 1. The second kappa shape index (κ2) is 7.13. The Balaban J connectivity index is 1.76. The van der Waals surface area contributed by atoms with Gasteiger partial charge in [0.2, 0.25) is 0 Å². The van der Waals surface area contributed by atoms with Crippen LogP contribution >= 0.6 is 0 Å². The zero-order chi connectivity index (χ0) is 18.9. The van der Waals surface area contributed by atoms with E-state index in [0.717, 1.165) is 22.3 Å². The lowest BCUT2D eigenvalue weighted by Gasteiger charge is -2.35. The molecule has 0 radical (unpaired) electrons. The minimum absolute atomic E-state index is 0.101. The Labute approximate surface area is 157 Å². The summed E-state index contributed by atoms with van der Waals surface area (Å²) in [4.78, 5) is 16.4. The fourth-order valence-electron chi connectivity index (χ4n) is 3.69. The normalized spacial score (nSPS) is 16.4. The number of fused-ring (bicyclic) bond motifs is 1. The third-order valence-corrected chi connectivity index (χ3v) is 5.36. The fraction of sp³-hybridized carbons (Fsp3) is 0.333. The molecule has 4 rings (SSSR count). The van der Waals surface area contributed by atoms with Gasteiger partial charge in [0.15, 0.2) is 11.2 Å². The van der Waals surface area contributed by atoms with Crippen LogP contribution in [0.4, 0.5) is 0 Å². The lowest BCUT2D eigenvalue weighted by Crippen LogP contribution is -2.55. The van der Waals surface area contributed by atoms with Gasteiger partial charge < -0.3 is 15.2 Å². The van der Waals surface area contributed by atoms with Crippen LogP contribution in [0.1, 0.15) is 29.0 Å². The Morgan fingerprint density at radius 1 is 1.22 bits per heavy atom. The van der Waals surface area contributed by atoms with Crippen molar-refractivity contribution in [2.24, 2.45) is 0 Å². The number of imidazole rings is 1. The smallest absolute Gasteiger partial charge is 0.351 e. The number of aromatic amines is 1. The predicted octanol–water partition coefficient (Wildman–Crippen LogP) is 2.00. The molecule has 1 aliphatic rings. The highest BCUT2D eigenvalue weighted by molar-refractivity contribution is 5.92. The fourth-order valence-corrected chi connectivity index (χ4v) is 3.69. The van der Waals surface area contributed by atoms with Gasteiger partial charge in [-0.25, -0.2) is 4.98 Å². The van der Waals surface area contributed by atoms with Crippen LogP contribution in [0.5, 0.6) is 0 Å². The molecule has 1 aliphatic heterocycles. The molecule has 1 amide bonds. The third-order valence-electron chi connectivity index (χ3n) is 5.36. The van der Waals surface area contributed by atoms with Crippen LogP contribution in [0.15, 0.2) is 48.7 Å². The van der Waals surface area contributed by atoms with Crippen LogP contribution in [-0.2, 0) is 4.74 Å². The van der Waals surface area contributed by atoms with Crippen LogP contribution in [0, 0.1) is 6.92 Å². The highest BCUT2D eigenvalue weighted by Crippen LogP contribution is 2.25. The molecule has 1 saturated heterocycles. The van der Waals surface area contributed by atoms with Gasteiger partial charge in [-0.05, 0) is 37.5 Å². The standard InChI is InChI=1S/C21H23N3O3/c1-15-6-2-3-7-16(15)18-17-8-4-5-11-24(17)19(22-18)20(26)23-21(14-25)9-12-27-13-10-21/h2-8,11,25H,9-10,12-14H2,1H3,(H,23,26)/p+1. The SMILES string of the molecule is Cc1ccccc1-c1[nH]c(C(=O)NC2(CO)CCOCC2)[n+]2ccccc12. The molecule has 0 aliphatic carbocycles. The molecule has 0 saturated carbocycles. The van der Waals surface area contributed by atoms with Crippen molar-refractivity contribution in [2.45, 2.75) is 25.3 Å². The van der Waals surface area contributed by atoms with Gasteiger partial charge in [0.25, 0.3) is 0 Å². The highest BCUT2D eigenvalue weighted by atomic mass is 16.5. The van der Waals surface area contributed by atoms with Gasteiger partial charge in [0, 0.05) is 18.8 Å². The molecule has 27 heavy (non-hydrogen) atoms. The molecule has 2 aromatic heterocycles. The molecule has 6 nitrogen and oxygen atoms in total. The van der Waals surface area contributed by atoms with Crippen LogP contribution in [0.2, 0.25) is 0 Å². The van der Waals surface area contributed by atoms with Crippen LogP contribution in [-0.4, -0.2) is 41.4 Å². The number of hydrogen-bond donors (Lipinski definition) is 3. The average molecular weight is 366 g/mol. The number of nitrogens with one attached hydrogen (secondary N) is 2. The monoisotopic (exact) mass is 366 g/mol. The van der Waals surface area contributed by atoms with Crippen molar-refractivity contribution in [3.63, 3.8) is 0 Å². The number of aryl methyl sites for hydroxylation is 1. The first-order chi connectivity index (χ1) is 13.1. The number of amides is 1. The summed E-state index contributed by atoms with van der Waals surface area (Å²) in [5.41, 5.74) is 3.40. The summed E-state index contributed by atoms with van der Waals surface area (Å²) < 4.78 is 7.25. The summed E-state index contributed by atoms with van der Waals surface area (Å²) in [6, 6.07) is 13.9. The number of H-pyrrole nitrogens is 1. The van der Waals surface area contributed by atoms with Crippen LogP contribution < -0.4 is 9.72 Å². The molecule has 0 unspecified atom stereocenters. The molecule has 140 valence electrons. The Bertz CT molecular complexity index is 974. The zero-order valence-electron chi connectivity index (χ0n) is 15.4. The molecule has 6 heteroatoms. The summed E-state index contributed by atoms with van der Waals surface area (Å²) >= 11 is 0. The lowest BCUT2D eigenvalue weighted by molar-refractivity contribution is -0.514. The maximum Gasteiger partial charge on any atom is 0.351 e. The number of nitrogens with zero attached hydrogens (tertiary/aromatic N) is 1. The Kier molecular flexibility index (Phi) is 4.68. The number of aliphatic hydroxyl groups is 1. The maximum atomic E-state index is 13.1. The van der Waals surface area contributed by atoms with E-state index in [1.54, 1.807) is 0 Å². The van der Waals surface area contributed by atoms with Crippen molar-refractivity contribution >= 4 is 11.4 Å². The van der Waals surface area contributed by atoms with Gasteiger partial charge in [-0.1, -0.05) is 30.3 Å². The number of rotatable bonds is 4. The number of aliphatic hydroxyl groups excluding tert-OH is 1.